The molecular weight excluding hydrogens is 388 g/mol. The van der Waals surface area contributed by atoms with Crippen LogP contribution in [0, 0.1) is 0 Å². The van der Waals surface area contributed by atoms with Gasteiger partial charge in [-0.25, -0.2) is 4.98 Å². The molecule has 0 atom stereocenters. The summed E-state index contributed by atoms with van der Waals surface area (Å²) in [4.78, 5) is 17.8. The third kappa shape index (κ3) is 3.69. The largest absolute Gasteiger partial charge is 0.497 e. The smallest absolute Gasteiger partial charge is 0.262 e. The number of ether oxygens (including phenoxy) is 2. The van der Waals surface area contributed by atoms with Gasteiger partial charge in [0.25, 0.3) is 5.56 Å². The van der Waals surface area contributed by atoms with Crippen molar-refractivity contribution in [1.29, 1.82) is 0 Å². The lowest BCUT2D eigenvalue weighted by Gasteiger charge is -2.21. The fraction of sp³-hybridized carbons (Fsp3) is 0.130. The number of halogens is 1. The first kappa shape index (κ1) is 19.0. The minimum Gasteiger partial charge on any atom is -0.497 e. The Morgan fingerprint density at radius 2 is 1.41 bits per heavy atom. The molecule has 3 aromatic carbocycles. The molecule has 0 unspecified atom stereocenters. The van der Waals surface area contributed by atoms with E-state index < -0.39 is 0 Å². The summed E-state index contributed by atoms with van der Waals surface area (Å²) < 4.78 is 12.2. The third-order valence-electron chi connectivity index (χ3n) is 4.89. The Morgan fingerprint density at radius 3 is 1.93 bits per heavy atom. The SMILES string of the molecule is COc1ccc(C(c2ccc(OC)cc2)n2cnc3ccc(Cl)cc3c2=O)cc1. The average Bonchev–Trinajstić information content (AvgIpc) is 2.77. The number of fused-ring (bicyclic) bond motifs is 1. The van der Waals surface area contributed by atoms with Crippen LogP contribution < -0.4 is 15.0 Å². The van der Waals surface area contributed by atoms with Gasteiger partial charge in [-0.05, 0) is 53.6 Å². The van der Waals surface area contributed by atoms with Crippen LogP contribution in [0.3, 0.4) is 0 Å². The van der Waals surface area contributed by atoms with Crippen LogP contribution in [-0.4, -0.2) is 23.8 Å². The van der Waals surface area contributed by atoms with E-state index in [1.54, 1.807) is 43.3 Å². The highest BCUT2D eigenvalue weighted by Crippen LogP contribution is 2.29. The second-order valence-corrected chi connectivity index (χ2v) is 7.00. The van der Waals surface area contributed by atoms with E-state index in [9.17, 15) is 4.79 Å². The Bertz CT molecular complexity index is 1150. The topological polar surface area (TPSA) is 53.4 Å². The summed E-state index contributed by atoms with van der Waals surface area (Å²) in [5, 5.41) is 0.978. The van der Waals surface area contributed by atoms with Crippen molar-refractivity contribution in [2.45, 2.75) is 6.04 Å². The van der Waals surface area contributed by atoms with E-state index in [2.05, 4.69) is 4.98 Å². The van der Waals surface area contributed by atoms with Gasteiger partial charge in [0, 0.05) is 5.02 Å². The van der Waals surface area contributed by atoms with Gasteiger partial charge in [-0.15, -0.1) is 0 Å². The van der Waals surface area contributed by atoms with Crippen molar-refractivity contribution in [3.8, 4) is 11.5 Å². The predicted octanol–water partition coefficient (Wildman–Crippen LogP) is 4.70. The first-order chi connectivity index (χ1) is 14.1. The molecule has 4 aromatic rings. The zero-order chi connectivity index (χ0) is 20.4. The molecular formula is C23H19ClN2O3. The zero-order valence-electron chi connectivity index (χ0n) is 16.0. The zero-order valence-corrected chi connectivity index (χ0v) is 16.8. The first-order valence-electron chi connectivity index (χ1n) is 9.05. The number of hydrogen-bond donors (Lipinski definition) is 0. The minimum atomic E-state index is -0.366. The Balaban J connectivity index is 1.92. The Hall–Kier alpha value is -3.31. The fourth-order valence-electron chi connectivity index (χ4n) is 3.38. The Morgan fingerprint density at radius 1 is 0.862 bits per heavy atom. The van der Waals surface area contributed by atoms with Gasteiger partial charge in [0.2, 0.25) is 0 Å². The van der Waals surface area contributed by atoms with Gasteiger partial charge in [-0.2, -0.15) is 0 Å². The predicted molar refractivity (Wildman–Crippen MR) is 114 cm³/mol. The maximum Gasteiger partial charge on any atom is 0.262 e. The second kappa shape index (κ2) is 7.97. The van der Waals surface area contributed by atoms with Crippen molar-refractivity contribution >= 4 is 22.5 Å². The van der Waals surface area contributed by atoms with Crippen molar-refractivity contribution in [2.24, 2.45) is 0 Å². The van der Waals surface area contributed by atoms with Gasteiger partial charge in [-0.3, -0.25) is 9.36 Å². The van der Waals surface area contributed by atoms with E-state index in [1.165, 1.54) is 0 Å². The van der Waals surface area contributed by atoms with Crippen LogP contribution >= 0.6 is 11.6 Å². The molecule has 0 bridgehead atoms. The second-order valence-electron chi connectivity index (χ2n) is 6.57. The molecule has 29 heavy (non-hydrogen) atoms. The first-order valence-corrected chi connectivity index (χ1v) is 9.43. The van der Waals surface area contributed by atoms with Crippen molar-refractivity contribution in [2.75, 3.05) is 14.2 Å². The highest BCUT2D eigenvalue weighted by atomic mass is 35.5. The Labute approximate surface area is 173 Å². The molecule has 6 heteroatoms. The molecule has 146 valence electrons. The molecule has 0 saturated carbocycles. The number of methoxy groups -OCH3 is 2. The lowest BCUT2D eigenvalue weighted by molar-refractivity contribution is 0.414. The maximum atomic E-state index is 13.3. The van der Waals surface area contributed by atoms with Crippen molar-refractivity contribution in [1.82, 2.24) is 9.55 Å². The maximum absolute atomic E-state index is 13.3. The van der Waals surface area contributed by atoms with Gasteiger partial charge < -0.3 is 9.47 Å². The van der Waals surface area contributed by atoms with Crippen molar-refractivity contribution in [3.63, 3.8) is 0 Å². The van der Waals surface area contributed by atoms with Gasteiger partial charge in [0.1, 0.15) is 11.5 Å². The molecule has 1 aromatic heterocycles. The fourth-order valence-corrected chi connectivity index (χ4v) is 3.55. The molecule has 4 rings (SSSR count). The van der Waals surface area contributed by atoms with E-state index in [-0.39, 0.29) is 11.6 Å². The number of benzene rings is 3. The summed E-state index contributed by atoms with van der Waals surface area (Å²) in [7, 11) is 3.24. The number of nitrogens with zero attached hydrogens (tertiary/aromatic N) is 2. The Kier molecular flexibility index (Phi) is 5.23. The normalized spacial score (nSPS) is 11.0. The van der Waals surface area contributed by atoms with E-state index >= 15 is 0 Å². The van der Waals surface area contributed by atoms with Crippen molar-refractivity contribution < 1.29 is 9.47 Å². The van der Waals surface area contributed by atoms with E-state index in [0.717, 1.165) is 22.6 Å². The number of aromatic nitrogens is 2. The molecule has 5 nitrogen and oxygen atoms in total. The standard InChI is InChI=1S/C23H19ClN2O3/c1-28-18-8-3-15(4-9-18)22(16-5-10-19(29-2)11-6-16)26-14-25-21-12-7-17(24)13-20(21)23(26)27/h3-14,22H,1-2H3. The van der Waals surface area contributed by atoms with Crippen LogP contribution in [0.5, 0.6) is 11.5 Å². The summed E-state index contributed by atoms with van der Waals surface area (Å²) in [5.41, 5.74) is 2.32. The number of rotatable bonds is 5. The third-order valence-corrected chi connectivity index (χ3v) is 5.12. The molecule has 0 saturated heterocycles. The van der Waals surface area contributed by atoms with E-state index in [1.807, 2.05) is 48.5 Å². The molecule has 0 aliphatic rings. The van der Waals surface area contributed by atoms with Gasteiger partial charge in [-0.1, -0.05) is 35.9 Å². The lowest BCUT2D eigenvalue weighted by Crippen LogP contribution is -2.26. The molecule has 0 fully saturated rings. The summed E-state index contributed by atoms with van der Waals surface area (Å²) >= 11 is 6.12. The summed E-state index contributed by atoms with van der Waals surface area (Å²) in [6.45, 7) is 0. The van der Waals surface area contributed by atoms with Crippen LogP contribution in [-0.2, 0) is 0 Å². The molecule has 0 aliphatic heterocycles. The van der Waals surface area contributed by atoms with E-state index in [0.29, 0.717) is 15.9 Å². The number of hydrogen-bond acceptors (Lipinski definition) is 4. The molecule has 0 radical (unpaired) electrons. The molecule has 0 aliphatic carbocycles. The van der Waals surface area contributed by atoms with Crippen LogP contribution in [0.25, 0.3) is 10.9 Å². The van der Waals surface area contributed by atoms with Gasteiger partial charge in [0.15, 0.2) is 0 Å². The van der Waals surface area contributed by atoms with Crippen LogP contribution in [0.2, 0.25) is 5.02 Å². The van der Waals surface area contributed by atoms with E-state index in [4.69, 9.17) is 21.1 Å². The summed E-state index contributed by atoms with van der Waals surface area (Å²) in [5.74, 6) is 1.50. The molecule has 0 N–H and O–H groups in total. The molecule has 1 heterocycles. The lowest BCUT2D eigenvalue weighted by atomic mass is 9.98. The monoisotopic (exact) mass is 406 g/mol. The molecule has 0 spiro atoms. The van der Waals surface area contributed by atoms with Gasteiger partial charge in [0.05, 0.1) is 37.5 Å². The summed E-state index contributed by atoms with van der Waals surface area (Å²) in [6.07, 6.45) is 1.58. The van der Waals surface area contributed by atoms with Crippen LogP contribution in [0.4, 0.5) is 0 Å². The highest BCUT2D eigenvalue weighted by Gasteiger charge is 2.19. The van der Waals surface area contributed by atoms with Gasteiger partial charge >= 0.3 is 0 Å². The minimum absolute atomic E-state index is 0.158. The quantitative estimate of drug-likeness (QED) is 0.482. The van der Waals surface area contributed by atoms with Crippen LogP contribution in [0.15, 0.2) is 77.9 Å². The summed E-state index contributed by atoms with van der Waals surface area (Å²) in [6, 6.07) is 20.1. The highest BCUT2D eigenvalue weighted by molar-refractivity contribution is 6.31. The molecule has 0 amide bonds. The van der Waals surface area contributed by atoms with Crippen LogP contribution in [0.1, 0.15) is 17.2 Å². The average molecular weight is 407 g/mol. The van der Waals surface area contributed by atoms with Crippen molar-refractivity contribution in [3.05, 3.63) is 99.6 Å².